The third kappa shape index (κ3) is 14.7. The van der Waals surface area contributed by atoms with Crippen molar-refractivity contribution in [3.63, 3.8) is 0 Å². The van der Waals surface area contributed by atoms with Crippen LogP contribution in [-0.4, -0.2) is 40.7 Å². The average molecular weight is 400 g/mol. The number of ketones is 1. The average Bonchev–Trinajstić information content (AvgIpc) is 2.36. The first kappa shape index (κ1) is 23.2. The number of rotatable bonds is 7. The molecule has 0 aliphatic rings. The summed E-state index contributed by atoms with van der Waals surface area (Å²) in [4.78, 5) is 11.5. The molecule has 1 aromatic rings. The molecule has 0 saturated carbocycles. The molecule has 1 aromatic carbocycles. The van der Waals surface area contributed by atoms with E-state index in [9.17, 15) is 30.0 Å². The number of carbonyl (C=O) groups excluding carboxylic acids is 1. The van der Waals surface area contributed by atoms with Gasteiger partial charge in [0.05, 0.1) is 13.2 Å². The van der Waals surface area contributed by atoms with Crippen molar-refractivity contribution in [1.29, 1.82) is 0 Å². The molecule has 0 aliphatic carbocycles. The van der Waals surface area contributed by atoms with Gasteiger partial charge in [-0.15, -0.1) is 0 Å². The van der Waals surface area contributed by atoms with Crippen LogP contribution in [0.1, 0.15) is 22.8 Å². The molecule has 24 heavy (non-hydrogen) atoms. The fraction of sp³-hybridized carbons (Fsp3) is 0.462. The van der Waals surface area contributed by atoms with Gasteiger partial charge in [-0.1, -0.05) is 24.3 Å². The summed E-state index contributed by atoms with van der Waals surface area (Å²) < 4.78 is 59.2. The molecule has 0 saturated heterocycles. The summed E-state index contributed by atoms with van der Waals surface area (Å²) >= 11 is 0. The molecular formula is C13H19F6O3PS. The van der Waals surface area contributed by atoms with Crippen LogP contribution in [0.2, 0.25) is 0 Å². The maximum absolute atomic E-state index is 11.5. The first-order valence-corrected chi connectivity index (χ1v) is 10.4. The Morgan fingerprint density at radius 1 is 1.00 bits per heavy atom. The third-order valence-corrected chi connectivity index (χ3v) is 4.76. The van der Waals surface area contributed by atoms with Gasteiger partial charge in [0.15, 0.2) is 5.78 Å². The number of hydrogen-bond donors (Lipinski definition) is 2. The van der Waals surface area contributed by atoms with Gasteiger partial charge < -0.3 is 10.2 Å². The van der Waals surface area contributed by atoms with E-state index < -0.39 is 7.81 Å². The standard InChI is InChI=1S/C13H19O3S.F6P/c1-11(16)13-5-3-2-4-12(13)10-17(8-6-14)9-7-15;1-7(2,3,4,5)6/h2-5,14-15H,6-10H2,1H3;/q+1;-1. The second kappa shape index (κ2) is 8.03. The molecule has 0 unspecified atom stereocenters. The van der Waals surface area contributed by atoms with Crippen molar-refractivity contribution in [3.8, 4) is 0 Å². The number of halogens is 6. The van der Waals surface area contributed by atoms with Crippen LogP contribution in [0.3, 0.4) is 0 Å². The fourth-order valence-electron chi connectivity index (χ4n) is 1.71. The predicted octanol–water partition coefficient (Wildman–Crippen LogP) is 4.37. The van der Waals surface area contributed by atoms with E-state index in [-0.39, 0.29) is 29.9 Å². The first-order chi connectivity index (χ1) is 10.6. The van der Waals surface area contributed by atoms with Gasteiger partial charge in [-0.2, -0.15) is 0 Å². The Morgan fingerprint density at radius 3 is 1.79 bits per heavy atom. The van der Waals surface area contributed by atoms with Crippen LogP contribution < -0.4 is 0 Å². The van der Waals surface area contributed by atoms with E-state index >= 15 is 0 Å². The van der Waals surface area contributed by atoms with Crippen molar-refractivity contribution in [2.24, 2.45) is 0 Å². The number of Topliss-reactive ketones (excluding diaryl/α,β-unsaturated/α-hetero) is 1. The first-order valence-electron chi connectivity index (χ1n) is 6.65. The third-order valence-electron chi connectivity index (χ3n) is 2.52. The molecule has 0 bridgehead atoms. The van der Waals surface area contributed by atoms with Gasteiger partial charge in [0.25, 0.3) is 0 Å². The van der Waals surface area contributed by atoms with Crippen molar-refractivity contribution < 1.29 is 40.2 Å². The second-order valence-electron chi connectivity index (χ2n) is 4.78. The van der Waals surface area contributed by atoms with E-state index in [0.717, 1.165) is 16.9 Å². The summed E-state index contributed by atoms with van der Waals surface area (Å²) in [6.45, 7) is 1.83. The summed E-state index contributed by atoms with van der Waals surface area (Å²) in [6.07, 6.45) is 0. The summed E-state index contributed by atoms with van der Waals surface area (Å²) in [5.74, 6) is 2.20. The Morgan fingerprint density at radius 2 is 1.42 bits per heavy atom. The molecule has 0 spiro atoms. The number of aliphatic hydroxyl groups excluding tert-OH is 2. The van der Waals surface area contributed by atoms with Crippen molar-refractivity contribution in [3.05, 3.63) is 35.4 Å². The van der Waals surface area contributed by atoms with Gasteiger partial charge >= 0.3 is 33.0 Å². The van der Waals surface area contributed by atoms with E-state index in [4.69, 9.17) is 10.2 Å². The van der Waals surface area contributed by atoms with Crippen molar-refractivity contribution in [2.45, 2.75) is 12.7 Å². The van der Waals surface area contributed by atoms with Gasteiger partial charge in [0.2, 0.25) is 0 Å². The normalized spacial score (nSPS) is 14.4. The Labute approximate surface area is 138 Å². The molecule has 0 heterocycles. The van der Waals surface area contributed by atoms with E-state index in [1.807, 2.05) is 24.3 Å². The number of benzene rings is 1. The molecule has 2 N–H and O–H groups in total. The number of carbonyl (C=O) groups is 1. The Kier molecular flexibility index (Phi) is 7.75. The molecule has 0 radical (unpaired) electrons. The van der Waals surface area contributed by atoms with Gasteiger partial charge in [-0.05, 0) is 17.8 Å². The summed E-state index contributed by atoms with van der Waals surface area (Å²) in [5.41, 5.74) is 1.77. The molecule has 1 rings (SSSR count). The topological polar surface area (TPSA) is 57.5 Å². The van der Waals surface area contributed by atoms with Crippen LogP contribution in [0.25, 0.3) is 0 Å². The molecule has 0 amide bonds. The molecular weight excluding hydrogens is 381 g/mol. The van der Waals surface area contributed by atoms with Crippen molar-refractivity contribution in [2.75, 3.05) is 24.7 Å². The van der Waals surface area contributed by atoms with Crippen LogP contribution in [0.5, 0.6) is 0 Å². The monoisotopic (exact) mass is 400 g/mol. The van der Waals surface area contributed by atoms with Crippen LogP contribution >= 0.6 is 7.81 Å². The maximum atomic E-state index is 11.5. The number of aliphatic hydroxyl groups is 2. The quantitative estimate of drug-likeness (QED) is 0.309. The fourth-order valence-corrected chi connectivity index (χ4v) is 3.41. The molecule has 142 valence electrons. The molecule has 3 nitrogen and oxygen atoms in total. The Hall–Kier alpha value is -0.830. The SMILES string of the molecule is CC(=O)c1ccccc1C[S+](CCO)CCO.F[P-](F)(F)(F)(F)F. The summed E-state index contributed by atoms with van der Waals surface area (Å²) in [6, 6.07) is 7.56. The van der Waals surface area contributed by atoms with Gasteiger partial charge in [0, 0.05) is 11.1 Å². The van der Waals surface area contributed by atoms with Crippen LogP contribution in [0.15, 0.2) is 24.3 Å². The van der Waals surface area contributed by atoms with Gasteiger partial charge in [-0.25, -0.2) is 0 Å². The predicted molar refractivity (Wildman–Crippen MR) is 85.0 cm³/mol. The zero-order chi connectivity index (χ0) is 19.1. The zero-order valence-corrected chi connectivity index (χ0v) is 14.5. The van der Waals surface area contributed by atoms with Crippen LogP contribution in [0, 0.1) is 0 Å². The summed E-state index contributed by atoms with van der Waals surface area (Å²) in [5, 5.41) is 18.0. The molecule has 0 aliphatic heterocycles. The van der Waals surface area contributed by atoms with Gasteiger partial charge in [0.1, 0.15) is 17.3 Å². The van der Waals surface area contributed by atoms with E-state index in [1.54, 1.807) is 6.92 Å². The Balaban J connectivity index is 0.000000640. The number of hydrogen-bond acceptors (Lipinski definition) is 3. The van der Waals surface area contributed by atoms with Crippen molar-refractivity contribution >= 4 is 24.5 Å². The molecule has 0 fully saturated rings. The van der Waals surface area contributed by atoms with E-state index in [1.165, 1.54) is 0 Å². The zero-order valence-electron chi connectivity index (χ0n) is 12.8. The van der Waals surface area contributed by atoms with E-state index in [2.05, 4.69) is 0 Å². The Bertz CT molecular complexity index is 532. The molecule has 11 heteroatoms. The second-order valence-corrected chi connectivity index (χ2v) is 9.03. The van der Waals surface area contributed by atoms with Crippen molar-refractivity contribution in [1.82, 2.24) is 0 Å². The van der Waals surface area contributed by atoms with E-state index in [0.29, 0.717) is 11.5 Å². The van der Waals surface area contributed by atoms with Gasteiger partial charge in [-0.3, -0.25) is 4.79 Å². The minimum atomic E-state index is -10.7. The summed E-state index contributed by atoms with van der Waals surface area (Å²) in [7, 11) is -10.7. The minimum absolute atomic E-state index is 0.0545. The molecule has 0 aromatic heterocycles. The molecule has 0 atom stereocenters. The van der Waals surface area contributed by atoms with Crippen LogP contribution in [-0.2, 0) is 16.6 Å². The van der Waals surface area contributed by atoms with Crippen LogP contribution in [0.4, 0.5) is 25.2 Å².